The molecule has 1 amide bonds. The summed E-state index contributed by atoms with van der Waals surface area (Å²) in [4.78, 5) is 12.4. The second-order valence-corrected chi connectivity index (χ2v) is 9.03. The lowest BCUT2D eigenvalue weighted by Gasteiger charge is -2.24. The van der Waals surface area contributed by atoms with E-state index in [2.05, 4.69) is 5.32 Å². The van der Waals surface area contributed by atoms with Crippen LogP contribution in [0.1, 0.15) is 18.9 Å². The van der Waals surface area contributed by atoms with Crippen LogP contribution < -0.4 is 9.62 Å². The van der Waals surface area contributed by atoms with Gasteiger partial charge in [0.15, 0.2) is 0 Å². The van der Waals surface area contributed by atoms with E-state index >= 15 is 0 Å². The van der Waals surface area contributed by atoms with Crippen LogP contribution in [0.2, 0.25) is 10.0 Å². The number of halogens is 2. The summed E-state index contributed by atoms with van der Waals surface area (Å²) in [5.41, 5.74) is 1.36. The van der Waals surface area contributed by atoms with Crippen LogP contribution in [0.5, 0.6) is 0 Å². The normalized spacial score (nSPS) is 12.4. The summed E-state index contributed by atoms with van der Waals surface area (Å²) in [5, 5.41) is 3.15. The van der Waals surface area contributed by atoms with E-state index in [1.807, 2.05) is 37.3 Å². The van der Waals surface area contributed by atoms with Crippen molar-refractivity contribution in [3.05, 3.63) is 64.1 Å². The van der Waals surface area contributed by atoms with E-state index in [9.17, 15) is 13.2 Å². The Hall–Kier alpha value is -1.76. The van der Waals surface area contributed by atoms with E-state index in [0.717, 1.165) is 23.4 Å². The summed E-state index contributed by atoms with van der Waals surface area (Å²) < 4.78 is 25.3. The first-order valence-electron chi connectivity index (χ1n) is 8.43. The Kier molecular flexibility index (Phi) is 7.53. The second-order valence-electron chi connectivity index (χ2n) is 6.34. The molecule has 0 aliphatic rings. The van der Waals surface area contributed by atoms with E-state index in [1.54, 1.807) is 12.1 Å². The summed E-state index contributed by atoms with van der Waals surface area (Å²) in [6, 6.07) is 14.5. The molecular formula is C19H22Cl2N2O3S. The highest BCUT2D eigenvalue weighted by atomic mass is 35.5. The van der Waals surface area contributed by atoms with Gasteiger partial charge >= 0.3 is 0 Å². The van der Waals surface area contributed by atoms with Crippen molar-refractivity contribution < 1.29 is 13.2 Å². The van der Waals surface area contributed by atoms with Crippen LogP contribution >= 0.6 is 23.2 Å². The Balaban J connectivity index is 2.03. The number of benzene rings is 2. The first kappa shape index (κ1) is 21.5. The Morgan fingerprint density at radius 2 is 1.78 bits per heavy atom. The Bertz CT molecular complexity index is 889. The van der Waals surface area contributed by atoms with Crippen molar-refractivity contribution in [3.8, 4) is 0 Å². The maximum absolute atomic E-state index is 12.4. The molecule has 0 radical (unpaired) electrons. The molecule has 2 rings (SSSR count). The van der Waals surface area contributed by atoms with Crippen molar-refractivity contribution in [3.63, 3.8) is 0 Å². The molecule has 0 fully saturated rings. The van der Waals surface area contributed by atoms with Gasteiger partial charge in [-0.05, 0) is 37.5 Å². The van der Waals surface area contributed by atoms with Crippen LogP contribution in [0.15, 0.2) is 48.5 Å². The summed E-state index contributed by atoms with van der Waals surface area (Å²) in [6.45, 7) is 1.52. The van der Waals surface area contributed by atoms with Crippen molar-refractivity contribution in [1.82, 2.24) is 5.32 Å². The predicted molar refractivity (Wildman–Crippen MR) is 111 cm³/mol. The number of hydrogen-bond donors (Lipinski definition) is 1. The van der Waals surface area contributed by atoms with Gasteiger partial charge in [-0.1, -0.05) is 59.6 Å². The van der Waals surface area contributed by atoms with Crippen molar-refractivity contribution in [2.24, 2.45) is 0 Å². The van der Waals surface area contributed by atoms with Crippen LogP contribution in [0.25, 0.3) is 0 Å². The molecule has 0 aliphatic heterocycles. The third kappa shape index (κ3) is 6.41. The molecular weight excluding hydrogens is 407 g/mol. The highest BCUT2D eigenvalue weighted by Gasteiger charge is 2.24. The first-order valence-corrected chi connectivity index (χ1v) is 11.0. The second kappa shape index (κ2) is 9.44. The molecule has 0 saturated heterocycles. The molecule has 27 heavy (non-hydrogen) atoms. The zero-order valence-corrected chi connectivity index (χ0v) is 17.5. The third-order valence-corrected chi connectivity index (χ3v) is 5.94. The van der Waals surface area contributed by atoms with Crippen LogP contribution in [0, 0.1) is 0 Å². The summed E-state index contributed by atoms with van der Waals surface area (Å²) in [7, 11) is -3.71. The number of aryl methyl sites for hydroxylation is 1. The van der Waals surface area contributed by atoms with Gasteiger partial charge in [-0.2, -0.15) is 0 Å². The van der Waals surface area contributed by atoms with E-state index < -0.39 is 15.9 Å². The summed E-state index contributed by atoms with van der Waals surface area (Å²) in [6.07, 6.45) is 2.58. The number of rotatable bonds is 8. The zero-order chi connectivity index (χ0) is 20.0. The smallest absolute Gasteiger partial charge is 0.240 e. The molecule has 1 unspecified atom stereocenters. The zero-order valence-electron chi connectivity index (χ0n) is 15.2. The molecule has 0 spiro atoms. The number of amides is 1. The minimum Gasteiger partial charge on any atom is -0.352 e. The largest absolute Gasteiger partial charge is 0.352 e. The lowest BCUT2D eigenvalue weighted by atomic mass is 10.1. The van der Waals surface area contributed by atoms with E-state index in [0.29, 0.717) is 0 Å². The van der Waals surface area contributed by atoms with Crippen LogP contribution in [0.3, 0.4) is 0 Å². The average molecular weight is 429 g/mol. The molecule has 0 aromatic heterocycles. The number of anilines is 1. The molecule has 1 N–H and O–H groups in total. The molecule has 2 aromatic rings. The fraction of sp³-hybridized carbons (Fsp3) is 0.316. The lowest BCUT2D eigenvalue weighted by molar-refractivity contribution is -0.120. The summed E-state index contributed by atoms with van der Waals surface area (Å²) >= 11 is 12.1. The Labute approximate surface area is 170 Å². The van der Waals surface area contributed by atoms with Crippen LogP contribution in [-0.4, -0.2) is 33.2 Å². The number of sulfonamides is 1. The Morgan fingerprint density at radius 1 is 1.11 bits per heavy atom. The van der Waals surface area contributed by atoms with Crippen molar-refractivity contribution in [2.45, 2.75) is 25.8 Å². The number of nitrogens with one attached hydrogen (secondary N) is 1. The number of carbonyl (C=O) groups is 1. The molecule has 2 aromatic carbocycles. The Morgan fingerprint density at radius 3 is 2.41 bits per heavy atom. The van der Waals surface area contributed by atoms with Crippen LogP contribution in [-0.2, 0) is 21.2 Å². The van der Waals surface area contributed by atoms with Crippen molar-refractivity contribution in [2.75, 3.05) is 17.1 Å². The highest BCUT2D eigenvalue weighted by molar-refractivity contribution is 7.92. The maximum atomic E-state index is 12.4. The van der Waals surface area contributed by atoms with Gasteiger partial charge in [-0.25, -0.2) is 8.42 Å². The van der Waals surface area contributed by atoms with Gasteiger partial charge < -0.3 is 5.32 Å². The van der Waals surface area contributed by atoms with Gasteiger partial charge in [0.2, 0.25) is 15.9 Å². The van der Waals surface area contributed by atoms with Crippen LogP contribution in [0.4, 0.5) is 5.69 Å². The first-order chi connectivity index (χ1) is 12.7. The molecule has 5 nitrogen and oxygen atoms in total. The van der Waals surface area contributed by atoms with E-state index in [-0.39, 0.29) is 28.3 Å². The minimum atomic E-state index is -3.71. The van der Waals surface area contributed by atoms with Gasteiger partial charge in [0.05, 0.1) is 22.0 Å². The maximum Gasteiger partial charge on any atom is 0.240 e. The van der Waals surface area contributed by atoms with E-state index in [1.165, 1.54) is 11.6 Å². The average Bonchev–Trinajstić information content (AvgIpc) is 2.60. The van der Waals surface area contributed by atoms with Gasteiger partial charge in [0.25, 0.3) is 0 Å². The number of carbonyl (C=O) groups excluding carboxylic acids is 1. The topological polar surface area (TPSA) is 66.5 Å². The molecule has 8 heteroatoms. The van der Waals surface area contributed by atoms with Gasteiger partial charge in [0, 0.05) is 6.04 Å². The third-order valence-electron chi connectivity index (χ3n) is 4.00. The molecule has 0 saturated carbocycles. The van der Waals surface area contributed by atoms with Gasteiger partial charge in [-0.15, -0.1) is 0 Å². The quantitative estimate of drug-likeness (QED) is 0.692. The minimum absolute atomic E-state index is 0.0921. The fourth-order valence-corrected chi connectivity index (χ4v) is 3.93. The fourth-order valence-electron chi connectivity index (χ4n) is 2.62. The molecule has 0 aliphatic carbocycles. The number of hydrogen-bond acceptors (Lipinski definition) is 3. The lowest BCUT2D eigenvalue weighted by Crippen LogP contribution is -2.43. The molecule has 1 atom stereocenters. The van der Waals surface area contributed by atoms with E-state index in [4.69, 9.17) is 23.2 Å². The number of nitrogens with zero attached hydrogens (tertiary/aromatic N) is 1. The molecule has 0 bridgehead atoms. The SMILES string of the molecule is CC(CCc1ccccc1)NC(=O)CN(c1cccc(Cl)c1Cl)S(C)(=O)=O. The van der Waals surface area contributed by atoms with Gasteiger partial charge in [-0.3, -0.25) is 9.10 Å². The predicted octanol–water partition coefficient (Wildman–Crippen LogP) is 3.90. The highest BCUT2D eigenvalue weighted by Crippen LogP contribution is 2.33. The molecule has 146 valence electrons. The van der Waals surface area contributed by atoms with Crippen molar-refractivity contribution >= 4 is 44.8 Å². The van der Waals surface area contributed by atoms with Crippen molar-refractivity contribution in [1.29, 1.82) is 0 Å². The molecule has 0 heterocycles. The van der Waals surface area contributed by atoms with Gasteiger partial charge in [0.1, 0.15) is 6.54 Å². The summed E-state index contributed by atoms with van der Waals surface area (Å²) in [5.74, 6) is -0.406. The monoisotopic (exact) mass is 428 g/mol. The standard InChI is InChI=1S/C19H22Cl2N2O3S/c1-14(11-12-15-7-4-3-5-8-15)22-18(24)13-23(27(2,25)26)17-10-6-9-16(20)19(17)21/h3-10,14H,11-13H2,1-2H3,(H,22,24).